The molecule has 0 saturated heterocycles. The third-order valence-electron chi connectivity index (χ3n) is 2.23. The van der Waals surface area contributed by atoms with Crippen LogP contribution in [0.25, 0.3) is 5.57 Å². The van der Waals surface area contributed by atoms with E-state index in [9.17, 15) is 10.1 Å². The van der Waals surface area contributed by atoms with Gasteiger partial charge in [-0.3, -0.25) is 10.1 Å². The minimum absolute atomic E-state index is 0.118. The predicted octanol–water partition coefficient (Wildman–Crippen LogP) is 4.04. The lowest BCUT2D eigenvalue weighted by molar-refractivity contribution is -0.384. The Hall–Kier alpha value is -1.64. The van der Waals surface area contributed by atoms with Gasteiger partial charge in [0.15, 0.2) is 0 Å². The first kappa shape index (κ1) is 12.4. The standard InChI is InChI=1S/C13H17NO2/c1-10(9-13(2,3)4)11-5-7-12(8-6-11)14(15)16/h5-8H,1,9H2,2-4H3. The van der Waals surface area contributed by atoms with Crippen LogP contribution in [0.3, 0.4) is 0 Å². The van der Waals surface area contributed by atoms with Crippen LogP contribution in [0.1, 0.15) is 32.8 Å². The normalized spacial score (nSPS) is 11.2. The Morgan fingerprint density at radius 3 is 2.19 bits per heavy atom. The van der Waals surface area contributed by atoms with Crippen molar-refractivity contribution in [3.05, 3.63) is 46.5 Å². The third-order valence-corrected chi connectivity index (χ3v) is 2.23. The van der Waals surface area contributed by atoms with Crippen molar-refractivity contribution in [2.24, 2.45) is 5.41 Å². The number of nitrogens with zero attached hydrogens (tertiary/aromatic N) is 1. The van der Waals surface area contributed by atoms with Gasteiger partial charge in [-0.15, -0.1) is 0 Å². The molecule has 3 nitrogen and oxygen atoms in total. The molecule has 0 aliphatic carbocycles. The third kappa shape index (κ3) is 3.50. The molecular formula is C13H17NO2. The maximum Gasteiger partial charge on any atom is 0.269 e. The number of non-ortho nitro benzene ring substituents is 1. The van der Waals surface area contributed by atoms with Crippen molar-refractivity contribution in [1.29, 1.82) is 0 Å². The number of rotatable bonds is 3. The summed E-state index contributed by atoms with van der Waals surface area (Å²) in [5, 5.41) is 10.5. The van der Waals surface area contributed by atoms with Gasteiger partial charge in [0, 0.05) is 12.1 Å². The molecule has 0 heterocycles. The van der Waals surface area contributed by atoms with Gasteiger partial charge in [-0.1, -0.05) is 27.4 Å². The van der Waals surface area contributed by atoms with Gasteiger partial charge in [0.2, 0.25) is 0 Å². The van der Waals surface area contributed by atoms with Crippen LogP contribution in [0.15, 0.2) is 30.8 Å². The Kier molecular flexibility index (Phi) is 3.48. The fraction of sp³-hybridized carbons (Fsp3) is 0.385. The lowest BCUT2D eigenvalue weighted by atomic mass is 9.86. The molecule has 16 heavy (non-hydrogen) atoms. The number of hydrogen-bond acceptors (Lipinski definition) is 2. The van der Waals surface area contributed by atoms with Gasteiger partial charge in [0.05, 0.1) is 4.92 Å². The summed E-state index contributed by atoms with van der Waals surface area (Å²) in [5.41, 5.74) is 2.29. The molecule has 0 saturated carbocycles. The highest BCUT2D eigenvalue weighted by Gasteiger charge is 2.13. The van der Waals surface area contributed by atoms with E-state index in [0.717, 1.165) is 17.6 Å². The maximum atomic E-state index is 10.5. The van der Waals surface area contributed by atoms with Crippen LogP contribution in [-0.2, 0) is 0 Å². The Balaban J connectivity index is 2.82. The zero-order valence-corrected chi connectivity index (χ0v) is 9.99. The van der Waals surface area contributed by atoms with Gasteiger partial charge in [-0.25, -0.2) is 0 Å². The molecule has 0 bridgehead atoms. The summed E-state index contributed by atoms with van der Waals surface area (Å²) < 4.78 is 0. The van der Waals surface area contributed by atoms with Crippen molar-refractivity contribution >= 4 is 11.3 Å². The number of allylic oxidation sites excluding steroid dienone is 1. The average Bonchev–Trinajstić information content (AvgIpc) is 2.15. The van der Waals surface area contributed by atoms with Crippen LogP contribution in [0, 0.1) is 15.5 Å². The SMILES string of the molecule is C=C(CC(C)(C)C)c1ccc([N+](=O)[O-])cc1. The summed E-state index contributed by atoms with van der Waals surface area (Å²) in [6.07, 6.45) is 0.880. The monoisotopic (exact) mass is 219 g/mol. The highest BCUT2D eigenvalue weighted by atomic mass is 16.6. The van der Waals surface area contributed by atoms with Gasteiger partial charge < -0.3 is 0 Å². The second-order valence-electron chi connectivity index (χ2n) is 5.14. The zero-order chi connectivity index (χ0) is 12.3. The quantitative estimate of drug-likeness (QED) is 0.568. The number of nitro groups is 1. The summed E-state index contributed by atoms with van der Waals surface area (Å²) in [4.78, 5) is 10.1. The lowest BCUT2D eigenvalue weighted by Gasteiger charge is -2.19. The zero-order valence-electron chi connectivity index (χ0n) is 9.99. The van der Waals surface area contributed by atoms with E-state index in [-0.39, 0.29) is 11.1 Å². The molecule has 0 amide bonds. The minimum atomic E-state index is -0.393. The molecule has 1 rings (SSSR count). The minimum Gasteiger partial charge on any atom is -0.258 e. The molecule has 0 spiro atoms. The Bertz CT molecular complexity index is 399. The highest BCUT2D eigenvalue weighted by molar-refractivity contribution is 5.64. The van der Waals surface area contributed by atoms with E-state index in [1.165, 1.54) is 12.1 Å². The molecule has 0 fully saturated rings. The summed E-state index contributed by atoms with van der Waals surface area (Å²) in [6, 6.07) is 6.55. The molecule has 86 valence electrons. The molecule has 0 aliphatic heterocycles. The van der Waals surface area contributed by atoms with E-state index >= 15 is 0 Å². The molecule has 0 atom stereocenters. The van der Waals surface area contributed by atoms with E-state index < -0.39 is 4.92 Å². The van der Waals surface area contributed by atoms with E-state index in [1.54, 1.807) is 12.1 Å². The van der Waals surface area contributed by atoms with E-state index in [0.29, 0.717) is 0 Å². The Labute approximate surface area is 95.9 Å². The average molecular weight is 219 g/mol. The van der Waals surface area contributed by atoms with Crippen LogP contribution in [-0.4, -0.2) is 4.92 Å². The van der Waals surface area contributed by atoms with Crippen LogP contribution in [0.5, 0.6) is 0 Å². The number of hydrogen-bond donors (Lipinski definition) is 0. The molecule has 0 N–H and O–H groups in total. The highest BCUT2D eigenvalue weighted by Crippen LogP contribution is 2.29. The van der Waals surface area contributed by atoms with Gasteiger partial charge >= 0.3 is 0 Å². The van der Waals surface area contributed by atoms with Crippen molar-refractivity contribution in [2.45, 2.75) is 27.2 Å². The van der Waals surface area contributed by atoms with Crippen LogP contribution < -0.4 is 0 Å². The van der Waals surface area contributed by atoms with Crippen molar-refractivity contribution in [3.8, 4) is 0 Å². The fourth-order valence-corrected chi connectivity index (χ4v) is 1.56. The van der Waals surface area contributed by atoms with E-state index in [2.05, 4.69) is 27.4 Å². The number of benzene rings is 1. The topological polar surface area (TPSA) is 43.1 Å². The Morgan fingerprint density at radius 1 is 1.31 bits per heavy atom. The number of nitro benzene ring substituents is 1. The summed E-state index contributed by atoms with van der Waals surface area (Å²) >= 11 is 0. The van der Waals surface area contributed by atoms with Gasteiger partial charge in [0.1, 0.15) is 0 Å². The maximum absolute atomic E-state index is 10.5. The van der Waals surface area contributed by atoms with Crippen LogP contribution in [0.4, 0.5) is 5.69 Å². The van der Waals surface area contributed by atoms with Gasteiger partial charge in [0.25, 0.3) is 5.69 Å². The molecule has 0 aliphatic rings. The van der Waals surface area contributed by atoms with Crippen molar-refractivity contribution in [3.63, 3.8) is 0 Å². The first-order valence-corrected chi connectivity index (χ1v) is 5.22. The molecule has 1 aromatic carbocycles. The summed E-state index contributed by atoms with van der Waals surface area (Å²) in [7, 11) is 0. The summed E-state index contributed by atoms with van der Waals surface area (Å²) in [5.74, 6) is 0. The van der Waals surface area contributed by atoms with E-state index in [1.807, 2.05) is 0 Å². The van der Waals surface area contributed by atoms with Crippen molar-refractivity contribution in [2.75, 3.05) is 0 Å². The van der Waals surface area contributed by atoms with Crippen LogP contribution in [0.2, 0.25) is 0 Å². The predicted molar refractivity (Wildman–Crippen MR) is 66.2 cm³/mol. The lowest BCUT2D eigenvalue weighted by Crippen LogP contribution is -2.05. The fourth-order valence-electron chi connectivity index (χ4n) is 1.56. The largest absolute Gasteiger partial charge is 0.269 e. The van der Waals surface area contributed by atoms with Crippen molar-refractivity contribution in [1.82, 2.24) is 0 Å². The smallest absolute Gasteiger partial charge is 0.258 e. The van der Waals surface area contributed by atoms with E-state index in [4.69, 9.17) is 0 Å². The molecule has 1 aromatic rings. The van der Waals surface area contributed by atoms with Gasteiger partial charge in [-0.05, 0) is 35.1 Å². The molecular weight excluding hydrogens is 202 g/mol. The van der Waals surface area contributed by atoms with Crippen LogP contribution >= 0.6 is 0 Å². The van der Waals surface area contributed by atoms with Gasteiger partial charge in [-0.2, -0.15) is 0 Å². The first-order valence-electron chi connectivity index (χ1n) is 5.22. The summed E-state index contributed by atoms with van der Waals surface area (Å²) in [6.45, 7) is 10.4. The second kappa shape index (κ2) is 4.47. The Morgan fingerprint density at radius 2 is 1.81 bits per heavy atom. The first-order chi connectivity index (χ1) is 7.29. The van der Waals surface area contributed by atoms with Crippen molar-refractivity contribution < 1.29 is 4.92 Å². The molecule has 0 radical (unpaired) electrons. The second-order valence-corrected chi connectivity index (χ2v) is 5.14. The molecule has 0 aromatic heterocycles. The molecule has 3 heteroatoms. The molecule has 0 unspecified atom stereocenters.